The summed E-state index contributed by atoms with van der Waals surface area (Å²) in [5, 5.41) is 0. The number of rotatable bonds is 3. The number of hydrogen-bond donors (Lipinski definition) is 0. The summed E-state index contributed by atoms with van der Waals surface area (Å²) in [5.74, 6) is 0.401. The van der Waals surface area contributed by atoms with Crippen LogP contribution in [0.15, 0.2) is 24.3 Å². The van der Waals surface area contributed by atoms with Crippen LogP contribution < -0.4 is 4.74 Å². The Bertz CT molecular complexity index is 409. The zero-order valence-corrected chi connectivity index (χ0v) is 9.32. The zero-order chi connectivity index (χ0) is 12.3. The van der Waals surface area contributed by atoms with E-state index in [0.717, 1.165) is 5.56 Å². The molecule has 17 heavy (non-hydrogen) atoms. The van der Waals surface area contributed by atoms with E-state index in [1.54, 1.807) is 24.3 Å². The van der Waals surface area contributed by atoms with Gasteiger partial charge < -0.3 is 4.74 Å². The Morgan fingerprint density at radius 2 is 1.71 bits per heavy atom. The predicted molar refractivity (Wildman–Crippen MR) is 59.7 cm³/mol. The molecule has 1 aromatic rings. The van der Waals surface area contributed by atoms with Gasteiger partial charge in [0.25, 0.3) is 0 Å². The summed E-state index contributed by atoms with van der Waals surface area (Å²) in [4.78, 5) is 22.7. The Kier molecular flexibility index (Phi) is 3.52. The van der Waals surface area contributed by atoms with Crippen molar-refractivity contribution in [3.05, 3.63) is 29.8 Å². The van der Waals surface area contributed by atoms with Gasteiger partial charge >= 0.3 is 0 Å². The standard InChI is InChI=1S/C13H13FO3/c14-8-17-13-3-1-9(2-4-13)10-5-11(15)7-12(16)6-10/h1-4,10H,5-8H2. The first-order valence-corrected chi connectivity index (χ1v) is 5.51. The molecule has 0 bridgehead atoms. The highest BCUT2D eigenvalue weighted by molar-refractivity contribution is 6.02. The van der Waals surface area contributed by atoms with Crippen LogP contribution in [0.5, 0.6) is 5.75 Å². The molecule has 0 spiro atoms. The molecule has 0 N–H and O–H groups in total. The number of benzene rings is 1. The SMILES string of the molecule is O=C1CC(=O)CC(c2ccc(OCF)cc2)C1. The number of Topliss-reactive ketones (excluding diaryl/α,β-unsaturated/α-hetero) is 2. The van der Waals surface area contributed by atoms with E-state index in [9.17, 15) is 14.0 Å². The summed E-state index contributed by atoms with van der Waals surface area (Å²) in [7, 11) is 0. The lowest BCUT2D eigenvalue weighted by Crippen LogP contribution is -2.21. The van der Waals surface area contributed by atoms with Crippen molar-refractivity contribution >= 4 is 11.6 Å². The van der Waals surface area contributed by atoms with Gasteiger partial charge in [0.15, 0.2) is 0 Å². The smallest absolute Gasteiger partial charge is 0.228 e. The third-order valence-electron chi connectivity index (χ3n) is 2.92. The molecule has 0 unspecified atom stereocenters. The summed E-state index contributed by atoms with van der Waals surface area (Å²) in [5.41, 5.74) is 0.928. The monoisotopic (exact) mass is 236 g/mol. The van der Waals surface area contributed by atoms with Gasteiger partial charge in [-0.2, -0.15) is 0 Å². The molecular weight excluding hydrogens is 223 g/mol. The van der Waals surface area contributed by atoms with Crippen molar-refractivity contribution in [2.45, 2.75) is 25.2 Å². The number of hydrogen-bond acceptors (Lipinski definition) is 3. The van der Waals surface area contributed by atoms with E-state index in [1.165, 1.54) is 0 Å². The van der Waals surface area contributed by atoms with E-state index >= 15 is 0 Å². The minimum absolute atomic E-state index is 0.00432. The maximum Gasteiger partial charge on any atom is 0.228 e. The molecule has 90 valence electrons. The molecule has 1 saturated carbocycles. The predicted octanol–water partition coefficient (Wildman–Crippen LogP) is 2.40. The lowest BCUT2D eigenvalue weighted by atomic mass is 9.83. The van der Waals surface area contributed by atoms with E-state index < -0.39 is 6.86 Å². The second-order valence-corrected chi connectivity index (χ2v) is 4.18. The molecule has 1 fully saturated rings. The van der Waals surface area contributed by atoms with Crippen LogP contribution in [0.4, 0.5) is 4.39 Å². The molecule has 1 aliphatic carbocycles. The quantitative estimate of drug-likeness (QED) is 0.757. The fourth-order valence-electron chi connectivity index (χ4n) is 2.12. The average Bonchev–Trinajstić information content (AvgIpc) is 2.29. The van der Waals surface area contributed by atoms with Crippen molar-refractivity contribution in [2.24, 2.45) is 0 Å². The summed E-state index contributed by atoms with van der Waals surface area (Å²) >= 11 is 0. The van der Waals surface area contributed by atoms with Gasteiger partial charge in [-0.05, 0) is 23.6 Å². The van der Waals surface area contributed by atoms with Crippen molar-refractivity contribution in [3.8, 4) is 5.75 Å². The molecule has 2 rings (SSSR count). The van der Waals surface area contributed by atoms with Crippen LogP contribution in [0.3, 0.4) is 0 Å². The average molecular weight is 236 g/mol. The number of alkyl halides is 1. The largest absolute Gasteiger partial charge is 0.463 e. The highest BCUT2D eigenvalue weighted by atomic mass is 19.1. The molecule has 4 heteroatoms. The Hall–Kier alpha value is -1.71. The zero-order valence-electron chi connectivity index (χ0n) is 9.32. The minimum atomic E-state index is -0.861. The second-order valence-electron chi connectivity index (χ2n) is 4.18. The third kappa shape index (κ3) is 2.90. The van der Waals surface area contributed by atoms with Crippen molar-refractivity contribution in [1.29, 1.82) is 0 Å². The van der Waals surface area contributed by atoms with Gasteiger partial charge in [-0.25, -0.2) is 4.39 Å². The molecular formula is C13H13FO3. The molecule has 0 atom stereocenters. The minimum Gasteiger partial charge on any atom is -0.463 e. The summed E-state index contributed by atoms with van der Waals surface area (Å²) in [6.07, 6.45) is 0.893. The van der Waals surface area contributed by atoms with E-state index in [-0.39, 0.29) is 23.9 Å². The van der Waals surface area contributed by atoms with Crippen molar-refractivity contribution in [3.63, 3.8) is 0 Å². The normalized spacial score (nSPS) is 17.2. The van der Waals surface area contributed by atoms with E-state index in [4.69, 9.17) is 0 Å². The van der Waals surface area contributed by atoms with Crippen LogP contribution in [-0.4, -0.2) is 18.4 Å². The molecule has 3 nitrogen and oxygen atoms in total. The van der Waals surface area contributed by atoms with Crippen molar-refractivity contribution < 1.29 is 18.7 Å². The van der Waals surface area contributed by atoms with E-state index in [1.807, 2.05) is 0 Å². The maximum absolute atomic E-state index is 11.9. The van der Waals surface area contributed by atoms with Gasteiger partial charge in [-0.15, -0.1) is 0 Å². The van der Waals surface area contributed by atoms with Gasteiger partial charge in [0.05, 0.1) is 6.42 Å². The summed E-state index contributed by atoms with van der Waals surface area (Å²) in [6, 6.07) is 6.86. The number of carbonyl (C=O) groups excluding carboxylic acids is 2. The van der Waals surface area contributed by atoms with E-state index in [0.29, 0.717) is 18.6 Å². The molecule has 1 aliphatic rings. The highest BCUT2D eigenvalue weighted by Crippen LogP contribution is 2.30. The molecule has 0 amide bonds. The summed E-state index contributed by atoms with van der Waals surface area (Å²) < 4.78 is 16.6. The first-order valence-electron chi connectivity index (χ1n) is 5.51. The summed E-state index contributed by atoms with van der Waals surface area (Å²) in [6.45, 7) is -0.861. The highest BCUT2D eigenvalue weighted by Gasteiger charge is 2.26. The van der Waals surface area contributed by atoms with Crippen LogP contribution in [0, 0.1) is 0 Å². The second kappa shape index (κ2) is 5.08. The number of ketones is 2. The Morgan fingerprint density at radius 1 is 1.12 bits per heavy atom. The first kappa shape index (κ1) is 11.8. The number of carbonyl (C=O) groups is 2. The molecule has 1 aromatic carbocycles. The molecule has 0 radical (unpaired) electrons. The van der Waals surface area contributed by atoms with Gasteiger partial charge in [0.1, 0.15) is 17.3 Å². The Labute approximate surface area is 98.6 Å². The van der Waals surface area contributed by atoms with Gasteiger partial charge in [-0.3, -0.25) is 9.59 Å². The number of ether oxygens (including phenoxy) is 1. The van der Waals surface area contributed by atoms with Crippen LogP contribution >= 0.6 is 0 Å². The van der Waals surface area contributed by atoms with Crippen LogP contribution in [-0.2, 0) is 9.59 Å². The van der Waals surface area contributed by atoms with Crippen molar-refractivity contribution in [2.75, 3.05) is 6.86 Å². The third-order valence-corrected chi connectivity index (χ3v) is 2.92. The lowest BCUT2D eigenvalue weighted by molar-refractivity contribution is -0.130. The van der Waals surface area contributed by atoms with Crippen LogP contribution in [0.25, 0.3) is 0 Å². The Balaban J connectivity index is 2.11. The van der Waals surface area contributed by atoms with Gasteiger partial charge in [-0.1, -0.05) is 12.1 Å². The topological polar surface area (TPSA) is 43.4 Å². The van der Waals surface area contributed by atoms with Crippen LogP contribution in [0.2, 0.25) is 0 Å². The number of halogens is 1. The molecule has 0 aromatic heterocycles. The Morgan fingerprint density at radius 3 is 2.24 bits per heavy atom. The lowest BCUT2D eigenvalue weighted by Gasteiger charge is -2.20. The van der Waals surface area contributed by atoms with Crippen molar-refractivity contribution in [1.82, 2.24) is 0 Å². The van der Waals surface area contributed by atoms with Crippen LogP contribution in [0.1, 0.15) is 30.7 Å². The first-order chi connectivity index (χ1) is 8.19. The maximum atomic E-state index is 11.9. The molecule has 0 heterocycles. The van der Waals surface area contributed by atoms with E-state index in [2.05, 4.69) is 4.74 Å². The van der Waals surface area contributed by atoms with Gasteiger partial charge in [0, 0.05) is 12.8 Å². The molecule has 0 saturated heterocycles. The molecule has 0 aliphatic heterocycles. The fourth-order valence-corrected chi connectivity index (χ4v) is 2.12. The van der Waals surface area contributed by atoms with Gasteiger partial charge in [0.2, 0.25) is 6.86 Å². The fraction of sp³-hybridized carbons (Fsp3) is 0.385.